The highest BCUT2D eigenvalue weighted by atomic mass is 32.1. The molecular formula is C45H55FN9O3S+. The van der Waals surface area contributed by atoms with Crippen molar-refractivity contribution < 1.29 is 23.5 Å². The summed E-state index contributed by atoms with van der Waals surface area (Å²) in [5, 5.41) is 28.6. The average molecular weight is 821 g/mol. The van der Waals surface area contributed by atoms with Crippen molar-refractivity contribution in [2.24, 2.45) is 16.2 Å². The number of anilines is 4. The van der Waals surface area contributed by atoms with Crippen LogP contribution in [-0.4, -0.2) is 90.9 Å². The minimum Gasteiger partial charge on any atom is -0.476 e. The minimum absolute atomic E-state index is 0.0101. The van der Waals surface area contributed by atoms with Crippen molar-refractivity contribution in [3.63, 3.8) is 0 Å². The minimum atomic E-state index is -1.09. The molecule has 6 heterocycles. The maximum atomic E-state index is 13.8. The zero-order chi connectivity index (χ0) is 41.0. The molecule has 14 heteroatoms. The molecule has 0 spiro atoms. The number of hydrogen-bond acceptors (Lipinski definition) is 10. The number of likely N-dealkylation sites (tertiary alicyclic amines) is 1. The van der Waals surface area contributed by atoms with Crippen LogP contribution >= 0.6 is 11.3 Å². The number of rotatable bonds is 11. The summed E-state index contributed by atoms with van der Waals surface area (Å²) in [4.78, 5) is 24.3. The van der Waals surface area contributed by atoms with Gasteiger partial charge in [-0.25, -0.2) is 19.2 Å². The Morgan fingerprint density at radius 2 is 1.76 bits per heavy atom. The number of thiazole rings is 1. The van der Waals surface area contributed by atoms with Crippen LogP contribution in [-0.2, 0) is 17.7 Å². The fourth-order valence-electron chi connectivity index (χ4n) is 13.1. The number of benzene rings is 1. The van der Waals surface area contributed by atoms with Gasteiger partial charge in [0.05, 0.1) is 48.8 Å². The number of carboxylic acid groups (broad SMARTS) is 1. The average Bonchev–Trinajstić information content (AvgIpc) is 3.88. The molecule has 2 N–H and O–H groups in total. The molecule has 6 aliphatic rings. The first kappa shape index (κ1) is 38.7. The van der Waals surface area contributed by atoms with Gasteiger partial charge in [0.15, 0.2) is 22.5 Å². The quantitative estimate of drug-likeness (QED) is 0.125. The number of nitrogens with zero attached hydrogens (tertiary/aromatic N) is 8. The van der Waals surface area contributed by atoms with E-state index in [2.05, 4.69) is 53.0 Å². The van der Waals surface area contributed by atoms with Crippen LogP contribution in [0.3, 0.4) is 0 Å². The number of hydrogen-bond donors (Lipinski definition) is 2. The van der Waals surface area contributed by atoms with Gasteiger partial charge in [-0.15, -0.1) is 10.2 Å². The van der Waals surface area contributed by atoms with Crippen LogP contribution in [0.2, 0.25) is 0 Å². The van der Waals surface area contributed by atoms with Gasteiger partial charge in [-0.1, -0.05) is 25.2 Å². The topological polar surface area (TPSA) is 131 Å². The smallest absolute Gasteiger partial charge is 0.355 e. The van der Waals surface area contributed by atoms with Gasteiger partial charge < -0.3 is 24.5 Å². The van der Waals surface area contributed by atoms with Crippen LogP contribution in [0.5, 0.6) is 0 Å². The second kappa shape index (κ2) is 13.8. The van der Waals surface area contributed by atoms with E-state index in [4.69, 9.17) is 14.8 Å². The Hall–Kier alpha value is -4.53. The lowest BCUT2D eigenvalue weighted by atomic mass is 9.39. The number of carboxylic acids is 1. The monoisotopic (exact) mass is 820 g/mol. The Labute approximate surface area is 348 Å². The highest BCUT2D eigenvalue weighted by Crippen LogP contribution is 2.72. The molecule has 5 aromatic rings. The van der Waals surface area contributed by atoms with Gasteiger partial charge in [0, 0.05) is 59.9 Å². The highest BCUT2D eigenvalue weighted by molar-refractivity contribution is 7.22. The van der Waals surface area contributed by atoms with Crippen LogP contribution in [0, 0.1) is 35.9 Å². The van der Waals surface area contributed by atoms with Crippen LogP contribution < -0.4 is 10.2 Å². The first-order chi connectivity index (χ1) is 28.1. The summed E-state index contributed by atoms with van der Waals surface area (Å²) < 4.78 is 25.0. The van der Waals surface area contributed by atoms with Crippen molar-refractivity contribution in [2.45, 2.75) is 104 Å². The van der Waals surface area contributed by atoms with E-state index in [0.29, 0.717) is 40.2 Å². The molecule has 2 atom stereocenters. The number of ether oxygens (including phenoxy) is 1. The number of fused-ring (bicyclic) bond motifs is 2. The van der Waals surface area contributed by atoms with Crippen LogP contribution in [0.15, 0.2) is 36.5 Å². The molecule has 4 aliphatic carbocycles. The van der Waals surface area contributed by atoms with Gasteiger partial charge in [-0.3, -0.25) is 4.68 Å². The third kappa shape index (κ3) is 6.88. The molecule has 1 saturated heterocycles. The largest absolute Gasteiger partial charge is 0.476 e. The Balaban J connectivity index is 0.901. The number of aromatic carboxylic acids is 1. The molecule has 2 aliphatic heterocycles. The summed E-state index contributed by atoms with van der Waals surface area (Å²) in [6.07, 6.45) is 13.0. The molecule has 59 heavy (non-hydrogen) atoms. The maximum absolute atomic E-state index is 13.8. The summed E-state index contributed by atoms with van der Waals surface area (Å²) in [6.45, 7) is 14.9. The number of halogens is 1. The van der Waals surface area contributed by atoms with Crippen molar-refractivity contribution in [3.8, 4) is 11.1 Å². The number of likely N-dealkylation sites (N-methyl/N-ethyl adjacent to an activating group) is 1. The first-order valence-electron chi connectivity index (χ1n) is 21.4. The number of carbonyl (C=O) groups is 1. The van der Waals surface area contributed by atoms with Gasteiger partial charge in [0.1, 0.15) is 18.2 Å². The van der Waals surface area contributed by atoms with Gasteiger partial charge >= 0.3 is 5.97 Å². The van der Waals surface area contributed by atoms with Crippen LogP contribution in [0.1, 0.15) is 98.9 Å². The third-order valence-corrected chi connectivity index (χ3v) is 15.5. The van der Waals surface area contributed by atoms with Crippen molar-refractivity contribution in [1.82, 2.24) is 29.9 Å². The second-order valence-electron chi connectivity index (χ2n) is 19.9. The lowest BCUT2D eigenvalue weighted by molar-refractivity contribution is -0.898. The predicted molar refractivity (Wildman–Crippen MR) is 227 cm³/mol. The highest BCUT2D eigenvalue weighted by Gasteiger charge is 2.66. The summed E-state index contributed by atoms with van der Waals surface area (Å²) >= 11 is 1.43. The molecule has 12 nitrogen and oxygen atoms in total. The molecule has 0 radical (unpaired) electrons. The van der Waals surface area contributed by atoms with Crippen molar-refractivity contribution in [3.05, 3.63) is 64.9 Å². The zero-order valence-corrected chi connectivity index (χ0v) is 35.7. The molecule has 5 fully saturated rings. The summed E-state index contributed by atoms with van der Waals surface area (Å²) in [5.41, 5.74) is 5.28. The standard InChI is InChI=1S/C45H54FN9O3S/c1-28-31-9-8-14-53(39(31)52-51-38(28)50-41-48-34-19-30(46)10-12-35(34)59-41)36-13-11-32(37(49-36)40(56)57)33-20-47-54(29(33)2)27-44-22-42(3)21-43(4,23-44)25-45(24-42,26-44)58-18-17-55(5)15-6-7-16-55/h10-13,19-20H,6-9,14-18,21-27H2,1-5H3,(H-,48,50,51,56,57)/p+1. The van der Waals surface area contributed by atoms with Crippen molar-refractivity contribution >= 4 is 50.1 Å². The normalized spacial score (nSPS) is 28.1. The van der Waals surface area contributed by atoms with Gasteiger partial charge in [-0.05, 0) is 106 Å². The molecule has 11 rings (SSSR count). The molecular weight excluding hydrogens is 766 g/mol. The van der Waals surface area contributed by atoms with E-state index in [9.17, 15) is 14.3 Å². The van der Waals surface area contributed by atoms with E-state index in [1.54, 1.807) is 6.07 Å². The summed E-state index contributed by atoms with van der Waals surface area (Å²) in [7, 11) is 2.39. The molecule has 0 amide bonds. The summed E-state index contributed by atoms with van der Waals surface area (Å²) in [5.74, 6) is 0.347. The Morgan fingerprint density at radius 1 is 0.983 bits per heavy atom. The van der Waals surface area contributed by atoms with E-state index in [0.717, 1.165) is 83.4 Å². The predicted octanol–water partition coefficient (Wildman–Crippen LogP) is 9.00. The van der Waals surface area contributed by atoms with E-state index < -0.39 is 5.97 Å². The molecule has 1 aromatic carbocycles. The van der Waals surface area contributed by atoms with Crippen molar-refractivity contribution in [1.29, 1.82) is 0 Å². The molecule has 4 bridgehead atoms. The SMILES string of the molecule is Cc1c(Nc2nc3cc(F)ccc3s2)nnc2c1CCCN2c1ccc(-c2cnn(CC34CC5(C)CC(C)(C3)CC(OCC[N+]3(C)CCCC3)(C5)C4)c2C)c(C(=O)O)n1. The number of aromatic nitrogens is 6. The van der Waals surface area contributed by atoms with Crippen LogP contribution in [0.4, 0.5) is 27.0 Å². The maximum Gasteiger partial charge on any atom is 0.355 e. The lowest BCUT2D eigenvalue weighted by Crippen LogP contribution is -2.64. The Morgan fingerprint density at radius 3 is 2.53 bits per heavy atom. The van der Waals surface area contributed by atoms with Crippen LogP contribution in [0.25, 0.3) is 21.3 Å². The first-order valence-corrected chi connectivity index (χ1v) is 22.2. The fraction of sp³-hybridized carbons (Fsp3) is 0.556. The van der Waals surface area contributed by atoms with E-state index >= 15 is 0 Å². The molecule has 4 aromatic heterocycles. The number of nitrogens with one attached hydrogen (secondary N) is 1. The van der Waals surface area contributed by atoms with E-state index in [1.807, 2.05) is 30.2 Å². The van der Waals surface area contributed by atoms with Crippen molar-refractivity contribution in [2.75, 3.05) is 50.1 Å². The second-order valence-corrected chi connectivity index (χ2v) is 20.9. The van der Waals surface area contributed by atoms with E-state index in [-0.39, 0.29) is 33.4 Å². The number of pyridine rings is 1. The van der Waals surface area contributed by atoms with Gasteiger partial charge in [0.25, 0.3) is 0 Å². The lowest BCUT2D eigenvalue weighted by Gasteiger charge is -2.69. The Kier molecular flexibility index (Phi) is 9.01. The summed E-state index contributed by atoms with van der Waals surface area (Å²) in [6, 6.07) is 8.34. The molecule has 2 unspecified atom stereocenters. The number of quaternary nitrogens is 1. The molecule has 310 valence electrons. The van der Waals surface area contributed by atoms with E-state index in [1.165, 1.54) is 68.7 Å². The third-order valence-electron chi connectivity index (χ3n) is 14.5. The van der Waals surface area contributed by atoms with Gasteiger partial charge in [-0.2, -0.15) is 5.10 Å². The zero-order valence-electron chi connectivity index (χ0n) is 34.9. The molecule has 4 saturated carbocycles. The Bertz CT molecular complexity index is 2480. The fourth-order valence-corrected chi connectivity index (χ4v) is 13.9. The van der Waals surface area contributed by atoms with Gasteiger partial charge in [0.2, 0.25) is 0 Å².